The van der Waals surface area contributed by atoms with E-state index in [1.807, 2.05) is 0 Å². The summed E-state index contributed by atoms with van der Waals surface area (Å²) in [4.78, 5) is 0. The highest BCUT2D eigenvalue weighted by atomic mass is 16.3. The molecule has 1 rings (SSSR count). The first-order chi connectivity index (χ1) is 5.20. The van der Waals surface area contributed by atoms with Crippen molar-refractivity contribution in [3.63, 3.8) is 0 Å². The number of rotatable bonds is 0. The summed E-state index contributed by atoms with van der Waals surface area (Å²) in [7, 11) is 0. The minimum atomic E-state index is -0.0299. The Kier molecular flexibility index (Phi) is 3.38. The van der Waals surface area contributed by atoms with Gasteiger partial charge in [0.1, 0.15) is 0 Å². The van der Waals surface area contributed by atoms with Gasteiger partial charge in [-0.05, 0) is 31.1 Å². The van der Waals surface area contributed by atoms with Gasteiger partial charge in [0.05, 0.1) is 6.10 Å². The summed E-state index contributed by atoms with van der Waals surface area (Å²) in [5, 5.41) is 9.60. The van der Waals surface area contributed by atoms with Crippen molar-refractivity contribution >= 4 is 0 Å². The molecule has 3 atom stereocenters. The second kappa shape index (κ2) is 4.10. The van der Waals surface area contributed by atoms with Gasteiger partial charge in [0.25, 0.3) is 0 Å². The lowest BCUT2D eigenvalue weighted by Gasteiger charge is -2.24. The van der Waals surface area contributed by atoms with Crippen LogP contribution < -0.4 is 0 Å². The summed E-state index contributed by atoms with van der Waals surface area (Å²) in [6.07, 6.45) is 6.08. The van der Waals surface area contributed by atoms with Crippen molar-refractivity contribution in [3.05, 3.63) is 0 Å². The first-order valence-electron chi connectivity index (χ1n) is 4.88. The fraction of sp³-hybridized carbons (Fsp3) is 1.00. The van der Waals surface area contributed by atoms with E-state index in [9.17, 15) is 5.11 Å². The Morgan fingerprint density at radius 1 is 1.00 bits per heavy atom. The van der Waals surface area contributed by atoms with Crippen LogP contribution in [0, 0.1) is 11.8 Å². The predicted octanol–water partition coefficient (Wildman–Crippen LogP) is 2.58. The molecule has 0 heterocycles. The molecule has 11 heavy (non-hydrogen) atoms. The highest BCUT2D eigenvalue weighted by Crippen LogP contribution is 2.25. The summed E-state index contributed by atoms with van der Waals surface area (Å²) in [5.41, 5.74) is 0. The quantitative estimate of drug-likeness (QED) is 0.571. The van der Waals surface area contributed by atoms with E-state index in [0.29, 0.717) is 5.92 Å². The fourth-order valence-electron chi connectivity index (χ4n) is 1.86. The molecule has 3 unspecified atom stereocenters. The molecule has 1 saturated carbocycles. The molecule has 0 aromatic heterocycles. The Morgan fingerprint density at radius 3 is 2.45 bits per heavy atom. The van der Waals surface area contributed by atoms with Gasteiger partial charge in [0.2, 0.25) is 0 Å². The van der Waals surface area contributed by atoms with Gasteiger partial charge in [-0.25, -0.2) is 0 Å². The lowest BCUT2D eigenvalue weighted by Crippen LogP contribution is -2.20. The van der Waals surface area contributed by atoms with Crippen LogP contribution >= 0.6 is 0 Å². The Morgan fingerprint density at radius 2 is 1.73 bits per heavy atom. The molecule has 0 aliphatic heterocycles. The molecule has 66 valence electrons. The number of aliphatic hydroxyl groups excluding tert-OH is 1. The van der Waals surface area contributed by atoms with Crippen molar-refractivity contribution in [3.8, 4) is 0 Å². The third-order valence-corrected chi connectivity index (χ3v) is 2.97. The molecule has 0 saturated heterocycles. The summed E-state index contributed by atoms with van der Waals surface area (Å²) >= 11 is 0. The molecule has 1 aliphatic rings. The van der Waals surface area contributed by atoms with Gasteiger partial charge in [-0.1, -0.05) is 26.7 Å². The van der Waals surface area contributed by atoms with Crippen LogP contribution in [0.4, 0.5) is 0 Å². The Labute approximate surface area is 69.8 Å². The van der Waals surface area contributed by atoms with Crippen LogP contribution in [-0.2, 0) is 0 Å². The summed E-state index contributed by atoms with van der Waals surface area (Å²) in [6, 6.07) is 0. The van der Waals surface area contributed by atoms with Gasteiger partial charge >= 0.3 is 0 Å². The van der Waals surface area contributed by atoms with Crippen molar-refractivity contribution in [2.45, 2.75) is 52.1 Å². The standard InChI is InChI=1S/C10H20O/c1-8-4-3-5-9(2)10(11)7-6-8/h8-11H,3-7H2,1-2H3. The molecular weight excluding hydrogens is 136 g/mol. The maximum atomic E-state index is 9.60. The Balaban J connectivity index is 2.34. The molecule has 1 aliphatic carbocycles. The zero-order valence-corrected chi connectivity index (χ0v) is 7.71. The van der Waals surface area contributed by atoms with E-state index >= 15 is 0 Å². The van der Waals surface area contributed by atoms with Crippen LogP contribution in [0.25, 0.3) is 0 Å². The van der Waals surface area contributed by atoms with Crippen molar-refractivity contribution in [1.82, 2.24) is 0 Å². The molecule has 0 spiro atoms. The summed E-state index contributed by atoms with van der Waals surface area (Å²) in [6.45, 7) is 4.46. The van der Waals surface area contributed by atoms with Crippen LogP contribution in [0.3, 0.4) is 0 Å². The minimum Gasteiger partial charge on any atom is -0.393 e. The molecule has 0 radical (unpaired) electrons. The van der Waals surface area contributed by atoms with Gasteiger partial charge in [-0.15, -0.1) is 0 Å². The van der Waals surface area contributed by atoms with E-state index in [0.717, 1.165) is 12.3 Å². The zero-order chi connectivity index (χ0) is 8.27. The maximum absolute atomic E-state index is 9.60. The molecular formula is C10H20O. The number of hydrogen-bond donors (Lipinski definition) is 1. The second-order valence-electron chi connectivity index (χ2n) is 4.16. The molecule has 1 heteroatoms. The first-order valence-corrected chi connectivity index (χ1v) is 4.88. The van der Waals surface area contributed by atoms with Crippen LogP contribution in [0.2, 0.25) is 0 Å². The third kappa shape index (κ3) is 2.82. The van der Waals surface area contributed by atoms with Crippen molar-refractivity contribution in [2.24, 2.45) is 11.8 Å². The SMILES string of the molecule is CC1CCCC(C)C(O)CC1. The highest BCUT2D eigenvalue weighted by molar-refractivity contribution is 4.70. The maximum Gasteiger partial charge on any atom is 0.0565 e. The third-order valence-electron chi connectivity index (χ3n) is 2.97. The molecule has 1 N–H and O–H groups in total. The van der Waals surface area contributed by atoms with E-state index in [4.69, 9.17) is 0 Å². The molecule has 1 nitrogen and oxygen atoms in total. The normalized spacial score (nSPS) is 41.2. The van der Waals surface area contributed by atoms with E-state index < -0.39 is 0 Å². The number of hydrogen-bond acceptors (Lipinski definition) is 1. The predicted molar refractivity (Wildman–Crippen MR) is 47.4 cm³/mol. The van der Waals surface area contributed by atoms with E-state index in [2.05, 4.69) is 13.8 Å². The lowest BCUT2D eigenvalue weighted by molar-refractivity contribution is 0.0854. The second-order valence-corrected chi connectivity index (χ2v) is 4.16. The van der Waals surface area contributed by atoms with Crippen LogP contribution in [0.5, 0.6) is 0 Å². The van der Waals surface area contributed by atoms with Gasteiger partial charge < -0.3 is 5.11 Å². The van der Waals surface area contributed by atoms with E-state index in [1.54, 1.807) is 0 Å². The highest BCUT2D eigenvalue weighted by Gasteiger charge is 2.18. The van der Waals surface area contributed by atoms with Crippen LogP contribution in [0.15, 0.2) is 0 Å². The van der Waals surface area contributed by atoms with Crippen molar-refractivity contribution < 1.29 is 5.11 Å². The summed E-state index contributed by atoms with van der Waals surface area (Å²) < 4.78 is 0. The van der Waals surface area contributed by atoms with Crippen molar-refractivity contribution in [2.75, 3.05) is 0 Å². The van der Waals surface area contributed by atoms with Gasteiger partial charge in [0.15, 0.2) is 0 Å². The van der Waals surface area contributed by atoms with Crippen LogP contribution in [0.1, 0.15) is 46.0 Å². The topological polar surface area (TPSA) is 20.2 Å². The lowest BCUT2D eigenvalue weighted by atomic mass is 9.86. The average Bonchev–Trinajstić information content (AvgIpc) is 1.98. The molecule has 0 aromatic rings. The van der Waals surface area contributed by atoms with Gasteiger partial charge in [0, 0.05) is 0 Å². The Bertz CT molecular complexity index is 111. The smallest absolute Gasteiger partial charge is 0.0565 e. The fourth-order valence-corrected chi connectivity index (χ4v) is 1.86. The van der Waals surface area contributed by atoms with Gasteiger partial charge in [-0.3, -0.25) is 0 Å². The van der Waals surface area contributed by atoms with Crippen LogP contribution in [-0.4, -0.2) is 11.2 Å². The largest absolute Gasteiger partial charge is 0.393 e. The molecule has 0 bridgehead atoms. The zero-order valence-electron chi connectivity index (χ0n) is 7.71. The minimum absolute atomic E-state index is 0.0299. The Hall–Kier alpha value is -0.0400. The average molecular weight is 156 g/mol. The van der Waals surface area contributed by atoms with Gasteiger partial charge in [-0.2, -0.15) is 0 Å². The number of aliphatic hydroxyl groups is 1. The molecule has 1 fully saturated rings. The van der Waals surface area contributed by atoms with E-state index in [1.165, 1.54) is 25.7 Å². The van der Waals surface area contributed by atoms with E-state index in [-0.39, 0.29) is 6.10 Å². The molecule has 0 amide bonds. The summed E-state index contributed by atoms with van der Waals surface area (Å²) in [5.74, 6) is 1.36. The monoisotopic (exact) mass is 156 g/mol. The first kappa shape index (κ1) is 9.05. The van der Waals surface area contributed by atoms with Crippen molar-refractivity contribution in [1.29, 1.82) is 0 Å². The molecule has 0 aromatic carbocycles.